The van der Waals surface area contributed by atoms with Crippen molar-refractivity contribution in [3.63, 3.8) is 0 Å². The molecule has 0 radical (unpaired) electrons. The summed E-state index contributed by atoms with van der Waals surface area (Å²) < 4.78 is 107. The van der Waals surface area contributed by atoms with Crippen LogP contribution in [0.25, 0.3) is 10.2 Å². The number of esters is 1. The highest BCUT2D eigenvalue weighted by atomic mass is 32.2. The summed E-state index contributed by atoms with van der Waals surface area (Å²) in [4.78, 5) is 17.2. The van der Waals surface area contributed by atoms with Gasteiger partial charge in [-0.25, -0.2) is 27.6 Å². The van der Waals surface area contributed by atoms with Gasteiger partial charge in [-0.1, -0.05) is 29.5 Å². The van der Waals surface area contributed by atoms with E-state index in [4.69, 9.17) is 28.8 Å². The van der Waals surface area contributed by atoms with E-state index in [2.05, 4.69) is 20.6 Å². The van der Waals surface area contributed by atoms with E-state index in [1.165, 1.54) is 12.1 Å². The van der Waals surface area contributed by atoms with Crippen molar-refractivity contribution >= 4 is 37.5 Å². The molecule has 0 saturated carbocycles. The average Bonchev–Trinajstić information content (AvgIpc) is 3.91. The molecule has 58 heavy (non-hydrogen) atoms. The highest BCUT2D eigenvalue weighted by Crippen LogP contribution is 2.31. The Morgan fingerprint density at radius 3 is 2.34 bits per heavy atom. The highest BCUT2D eigenvalue weighted by Gasteiger charge is 2.41. The van der Waals surface area contributed by atoms with Gasteiger partial charge in [-0.15, -0.1) is 16.4 Å². The zero-order chi connectivity index (χ0) is 41.7. The number of carbonyl (C=O) groups excluding carboxylic acids is 1. The number of sulfonamides is 1. The maximum Gasteiger partial charge on any atom is 0.416 e. The Kier molecular flexibility index (Phi) is 13.3. The van der Waals surface area contributed by atoms with Gasteiger partial charge in [0.2, 0.25) is 4.34 Å². The van der Waals surface area contributed by atoms with E-state index in [1.807, 2.05) is 12.1 Å². The minimum absolute atomic E-state index is 0.000556. The van der Waals surface area contributed by atoms with Crippen molar-refractivity contribution in [3.05, 3.63) is 95.3 Å². The number of hydrogen-bond donors (Lipinski definition) is 2. The molecular formula is C38H42F4N6O8S2. The van der Waals surface area contributed by atoms with E-state index in [0.29, 0.717) is 39.4 Å². The summed E-state index contributed by atoms with van der Waals surface area (Å²) in [6.45, 7) is 4.72. The van der Waals surface area contributed by atoms with E-state index in [-0.39, 0.29) is 37.1 Å². The topological polar surface area (TPSA) is 179 Å². The van der Waals surface area contributed by atoms with Gasteiger partial charge in [-0.05, 0) is 81.1 Å². The molecule has 14 nitrogen and oxygen atoms in total. The molecule has 1 aliphatic heterocycles. The van der Waals surface area contributed by atoms with Crippen molar-refractivity contribution in [2.45, 2.75) is 80.8 Å². The third-order valence-corrected chi connectivity index (χ3v) is 11.4. The second kappa shape index (κ2) is 18.0. The van der Waals surface area contributed by atoms with E-state index < -0.39 is 64.5 Å². The number of nitrogens with one attached hydrogen (secondary N) is 1. The maximum absolute atomic E-state index is 13.5. The van der Waals surface area contributed by atoms with Crippen LogP contribution >= 0.6 is 11.3 Å². The molecule has 0 bridgehead atoms. The zero-order valence-corrected chi connectivity index (χ0v) is 33.3. The number of benzene rings is 3. The summed E-state index contributed by atoms with van der Waals surface area (Å²) in [5.74, 6) is -0.558. The van der Waals surface area contributed by atoms with Crippen molar-refractivity contribution in [2.24, 2.45) is 5.14 Å². The lowest BCUT2D eigenvalue weighted by Crippen LogP contribution is -2.43. The molecule has 312 valence electrons. The number of nitrogens with two attached hydrogens (primary N) is 1. The van der Waals surface area contributed by atoms with Crippen molar-refractivity contribution in [3.8, 4) is 11.5 Å². The summed E-state index contributed by atoms with van der Waals surface area (Å²) in [6, 6.07) is 15.4. The third kappa shape index (κ3) is 11.3. The molecule has 1 saturated heterocycles. The first-order valence-corrected chi connectivity index (χ1v) is 20.5. The molecule has 4 atom stereocenters. The second-order valence-corrected chi connectivity index (χ2v) is 16.7. The third-order valence-electron chi connectivity index (χ3n) is 9.04. The smallest absolute Gasteiger partial charge is 0.416 e. The Balaban J connectivity index is 1.17. The van der Waals surface area contributed by atoms with Crippen molar-refractivity contribution in [2.75, 3.05) is 26.4 Å². The molecule has 0 spiro atoms. The van der Waals surface area contributed by atoms with Crippen molar-refractivity contribution in [1.29, 1.82) is 0 Å². The van der Waals surface area contributed by atoms with Crippen LogP contribution in [0.2, 0.25) is 0 Å². The minimum Gasteiger partial charge on any atom is -0.491 e. The number of alkyl halides is 4. The summed E-state index contributed by atoms with van der Waals surface area (Å²) in [5.41, 5.74) is 1.42. The number of halogens is 4. The van der Waals surface area contributed by atoms with Crippen LogP contribution in [0, 0.1) is 0 Å². The van der Waals surface area contributed by atoms with E-state index in [0.717, 1.165) is 29.0 Å². The number of aromatic nitrogens is 4. The molecule has 20 heteroatoms. The Labute approximate surface area is 335 Å². The van der Waals surface area contributed by atoms with E-state index in [9.17, 15) is 30.8 Å². The van der Waals surface area contributed by atoms with Crippen LogP contribution in [-0.2, 0) is 54.7 Å². The van der Waals surface area contributed by atoms with Gasteiger partial charge < -0.3 is 29.0 Å². The fourth-order valence-corrected chi connectivity index (χ4v) is 7.89. The number of nitrogens with zero attached hydrogens (tertiary/aromatic N) is 4. The van der Waals surface area contributed by atoms with Crippen LogP contribution in [0.5, 0.6) is 11.5 Å². The fraction of sp³-hybridized carbons (Fsp3) is 0.421. The molecule has 0 amide bonds. The minimum atomic E-state index is -4.50. The maximum atomic E-state index is 13.5. The Hall–Kier alpha value is -4.73. The highest BCUT2D eigenvalue weighted by molar-refractivity contribution is 7.91. The standard InChI is InChI=1S/C38H42F4N6O8S2/c1-4-52-35(49)31(16-24-5-9-25(10-6-24)38(40,41)42)44-19-27(15-23-7-11-28(12-8-23)54-22-33-32(18-39)55-37(2,3)56-33)48-20-26(46-47-48)21-53-29-13-14-34-30(17-29)45-36(57-34)58(43,50)51/h5-14,17,20,27,31-33,44H,4,15-16,18-19,21-22H2,1-3H3,(H2,43,50,51)/t27?,31?,32-,33-/m0/s1. The van der Waals surface area contributed by atoms with E-state index in [1.54, 1.807) is 62.0 Å². The quantitative estimate of drug-likeness (QED) is 0.0831. The average molecular weight is 851 g/mol. The van der Waals surface area contributed by atoms with Gasteiger partial charge in [0.25, 0.3) is 10.0 Å². The number of carbonyl (C=O) groups is 1. The first-order chi connectivity index (χ1) is 27.5. The molecule has 6 rings (SSSR count). The van der Waals surface area contributed by atoms with Gasteiger partial charge in [-0.2, -0.15) is 13.2 Å². The van der Waals surface area contributed by atoms with Crippen LogP contribution in [-0.4, -0.2) is 84.8 Å². The van der Waals surface area contributed by atoms with Gasteiger partial charge in [0.15, 0.2) is 5.79 Å². The second-order valence-electron chi connectivity index (χ2n) is 13.9. The van der Waals surface area contributed by atoms with Gasteiger partial charge in [0.05, 0.1) is 34.6 Å². The molecule has 0 aliphatic carbocycles. The number of fused-ring (bicyclic) bond motifs is 1. The van der Waals surface area contributed by atoms with Crippen molar-refractivity contribution in [1.82, 2.24) is 25.3 Å². The Morgan fingerprint density at radius 1 is 1.00 bits per heavy atom. The van der Waals surface area contributed by atoms with E-state index >= 15 is 0 Å². The number of rotatable bonds is 18. The Morgan fingerprint density at radius 2 is 1.67 bits per heavy atom. The molecule has 2 unspecified atom stereocenters. The van der Waals surface area contributed by atoms with Crippen LogP contribution in [0.4, 0.5) is 17.6 Å². The predicted octanol–water partition coefficient (Wildman–Crippen LogP) is 5.55. The molecule has 1 fully saturated rings. The number of ether oxygens (including phenoxy) is 5. The monoisotopic (exact) mass is 850 g/mol. The molecule has 2 aromatic heterocycles. The number of hydrogen-bond acceptors (Lipinski definition) is 13. The molecule has 3 aromatic carbocycles. The lowest BCUT2D eigenvalue weighted by molar-refractivity contribution is -0.149. The summed E-state index contributed by atoms with van der Waals surface area (Å²) >= 11 is 0.946. The van der Waals surface area contributed by atoms with Crippen LogP contribution < -0.4 is 19.9 Å². The summed E-state index contributed by atoms with van der Waals surface area (Å²) in [6.07, 6.45) is -3.70. The normalized spacial score (nSPS) is 17.9. The first kappa shape index (κ1) is 42.9. The predicted molar refractivity (Wildman–Crippen MR) is 203 cm³/mol. The lowest BCUT2D eigenvalue weighted by Gasteiger charge is -2.23. The molecule has 1 aliphatic rings. The SMILES string of the molecule is CCOC(=O)C(Cc1ccc(C(F)(F)F)cc1)NCC(Cc1ccc(OC[C@@H]2OC(C)(C)O[C@H]2CF)cc1)n1cc(COc2ccc3sc(S(N)(=O)=O)nc3c2)nn1. The van der Waals surface area contributed by atoms with Crippen LogP contribution in [0.1, 0.15) is 49.2 Å². The zero-order valence-electron chi connectivity index (χ0n) is 31.6. The summed E-state index contributed by atoms with van der Waals surface area (Å²) in [5, 5.41) is 17.1. The van der Waals surface area contributed by atoms with Crippen LogP contribution in [0.15, 0.2) is 77.3 Å². The van der Waals surface area contributed by atoms with Gasteiger partial charge in [0, 0.05) is 12.6 Å². The van der Waals surface area contributed by atoms with Crippen molar-refractivity contribution < 1.29 is 54.5 Å². The molecule has 3 heterocycles. The molecular weight excluding hydrogens is 809 g/mol. The fourth-order valence-electron chi connectivity index (χ4n) is 6.25. The first-order valence-electron chi connectivity index (χ1n) is 18.2. The number of primary sulfonamides is 1. The largest absolute Gasteiger partial charge is 0.491 e. The molecule has 5 aromatic rings. The van der Waals surface area contributed by atoms with Gasteiger partial charge >= 0.3 is 12.1 Å². The Bertz CT molecular complexity index is 2270. The number of thiazole rings is 1. The van der Waals surface area contributed by atoms with Gasteiger partial charge in [0.1, 0.15) is 55.3 Å². The van der Waals surface area contributed by atoms with Gasteiger partial charge in [-0.3, -0.25) is 4.79 Å². The lowest BCUT2D eigenvalue weighted by atomic mass is 10.0. The summed E-state index contributed by atoms with van der Waals surface area (Å²) in [7, 11) is -3.97. The van der Waals surface area contributed by atoms with Crippen LogP contribution in [0.3, 0.4) is 0 Å². The molecule has 3 N–H and O–H groups in total.